The van der Waals surface area contributed by atoms with Crippen LogP contribution in [-0.4, -0.2) is 4.57 Å². The lowest BCUT2D eigenvalue weighted by Gasteiger charge is -2.17. The van der Waals surface area contributed by atoms with E-state index in [1.54, 1.807) is 4.57 Å². The van der Waals surface area contributed by atoms with E-state index in [0.29, 0.717) is 5.56 Å². The topological polar surface area (TPSA) is 48.0 Å². The van der Waals surface area contributed by atoms with Gasteiger partial charge in [-0.25, -0.2) is 0 Å². The molecular formula is C20H20N2O. The van der Waals surface area contributed by atoms with Gasteiger partial charge in [-0.05, 0) is 43.2 Å². The van der Waals surface area contributed by atoms with Gasteiger partial charge < -0.3 is 5.73 Å². The Morgan fingerprint density at radius 3 is 2.22 bits per heavy atom. The van der Waals surface area contributed by atoms with Gasteiger partial charge in [-0.15, -0.1) is 0 Å². The summed E-state index contributed by atoms with van der Waals surface area (Å²) in [5.74, 6) is 0. The number of hydrogen-bond acceptors (Lipinski definition) is 2. The van der Waals surface area contributed by atoms with Crippen LogP contribution in [0.15, 0.2) is 65.5 Å². The first-order chi connectivity index (χ1) is 11.1. The van der Waals surface area contributed by atoms with E-state index in [1.807, 2.05) is 74.5 Å². The Kier molecular flexibility index (Phi) is 4.13. The van der Waals surface area contributed by atoms with Crippen LogP contribution in [0.5, 0.6) is 0 Å². The molecule has 3 aromatic rings. The van der Waals surface area contributed by atoms with Crippen LogP contribution in [0.3, 0.4) is 0 Å². The lowest BCUT2D eigenvalue weighted by Crippen LogP contribution is -2.26. The summed E-state index contributed by atoms with van der Waals surface area (Å²) >= 11 is 0. The molecule has 116 valence electrons. The summed E-state index contributed by atoms with van der Waals surface area (Å²) in [6.07, 6.45) is 0. The van der Waals surface area contributed by atoms with Crippen LogP contribution < -0.4 is 11.3 Å². The summed E-state index contributed by atoms with van der Waals surface area (Å²) in [5, 5.41) is 0. The van der Waals surface area contributed by atoms with Gasteiger partial charge in [0.15, 0.2) is 0 Å². The Bertz CT molecular complexity index is 878. The number of rotatable bonds is 3. The fraction of sp³-hybridized carbons (Fsp3) is 0.150. The Balaban J connectivity index is 2.35. The Hall–Kier alpha value is -2.65. The summed E-state index contributed by atoms with van der Waals surface area (Å²) < 4.78 is 1.75. The first kappa shape index (κ1) is 15.3. The quantitative estimate of drug-likeness (QED) is 0.804. The van der Waals surface area contributed by atoms with E-state index >= 15 is 0 Å². The number of hydrogen-bond donors (Lipinski definition) is 1. The van der Waals surface area contributed by atoms with Crippen LogP contribution in [0.4, 0.5) is 0 Å². The van der Waals surface area contributed by atoms with Gasteiger partial charge in [0, 0.05) is 17.8 Å². The van der Waals surface area contributed by atoms with Gasteiger partial charge >= 0.3 is 0 Å². The molecule has 0 bridgehead atoms. The molecule has 3 heteroatoms. The average Bonchev–Trinajstić information content (AvgIpc) is 2.57. The van der Waals surface area contributed by atoms with E-state index in [1.165, 1.54) is 0 Å². The van der Waals surface area contributed by atoms with Crippen molar-refractivity contribution < 1.29 is 0 Å². The molecule has 2 N–H and O–H groups in total. The molecule has 0 saturated heterocycles. The maximum atomic E-state index is 13.0. The second-order valence-corrected chi connectivity index (χ2v) is 5.74. The Morgan fingerprint density at radius 1 is 0.957 bits per heavy atom. The molecule has 0 radical (unpaired) electrons. The van der Waals surface area contributed by atoms with Crippen molar-refractivity contribution in [3.63, 3.8) is 0 Å². The smallest absolute Gasteiger partial charge is 0.260 e. The van der Waals surface area contributed by atoms with Crippen molar-refractivity contribution in [3.8, 4) is 16.9 Å². The second kappa shape index (κ2) is 6.23. The van der Waals surface area contributed by atoms with Crippen LogP contribution in [0.1, 0.15) is 16.7 Å². The maximum Gasteiger partial charge on any atom is 0.260 e. The van der Waals surface area contributed by atoms with Crippen molar-refractivity contribution in [1.82, 2.24) is 4.57 Å². The molecule has 2 aromatic carbocycles. The van der Waals surface area contributed by atoms with E-state index < -0.39 is 0 Å². The first-order valence-electron chi connectivity index (χ1n) is 7.70. The standard InChI is InChI=1S/C20H20N2O/c1-14-8-10-17(11-9-14)22-19(16-6-4-3-5-7-16)12-15(2)18(13-21)20(22)23/h3-12H,13,21H2,1-2H3. The Labute approximate surface area is 136 Å². The molecule has 0 atom stereocenters. The predicted octanol–water partition coefficient (Wildman–Crippen LogP) is 3.58. The lowest BCUT2D eigenvalue weighted by atomic mass is 10.0. The van der Waals surface area contributed by atoms with Crippen LogP contribution in [-0.2, 0) is 6.54 Å². The van der Waals surface area contributed by atoms with Crippen molar-refractivity contribution in [2.75, 3.05) is 0 Å². The molecule has 0 saturated carbocycles. The number of benzene rings is 2. The van der Waals surface area contributed by atoms with E-state index in [0.717, 1.165) is 28.1 Å². The molecule has 1 heterocycles. The number of pyridine rings is 1. The molecule has 3 rings (SSSR count). The minimum Gasteiger partial charge on any atom is -0.326 e. The molecule has 0 aliphatic rings. The van der Waals surface area contributed by atoms with Crippen molar-refractivity contribution in [1.29, 1.82) is 0 Å². The molecule has 0 amide bonds. The number of aryl methyl sites for hydroxylation is 2. The van der Waals surface area contributed by atoms with Crippen LogP contribution in [0.25, 0.3) is 16.9 Å². The monoisotopic (exact) mass is 304 g/mol. The van der Waals surface area contributed by atoms with Crippen LogP contribution in [0, 0.1) is 13.8 Å². The minimum absolute atomic E-state index is 0.0461. The van der Waals surface area contributed by atoms with E-state index in [2.05, 4.69) is 0 Å². The third-order valence-electron chi connectivity index (χ3n) is 4.10. The second-order valence-electron chi connectivity index (χ2n) is 5.74. The zero-order valence-corrected chi connectivity index (χ0v) is 13.4. The predicted molar refractivity (Wildman–Crippen MR) is 94.8 cm³/mol. The van der Waals surface area contributed by atoms with Crippen LogP contribution in [0.2, 0.25) is 0 Å². The van der Waals surface area contributed by atoms with Gasteiger partial charge in [-0.1, -0.05) is 48.0 Å². The fourth-order valence-corrected chi connectivity index (χ4v) is 2.79. The lowest BCUT2D eigenvalue weighted by molar-refractivity contribution is 0.917. The molecule has 3 nitrogen and oxygen atoms in total. The zero-order valence-electron chi connectivity index (χ0n) is 13.4. The van der Waals surface area contributed by atoms with E-state index in [-0.39, 0.29) is 12.1 Å². The number of nitrogens with two attached hydrogens (primary N) is 1. The number of nitrogens with zero attached hydrogens (tertiary/aromatic N) is 1. The van der Waals surface area contributed by atoms with Crippen molar-refractivity contribution in [2.45, 2.75) is 20.4 Å². The summed E-state index contributed by atoms with van der Waals surface area (Å²) in [6.45, 7) is 4.21. The third-order valence-corrected chi connectivity index (χ3v) is 4.10. The molecule has 23 heavy (non-hydrogen) atoms. The van der Waals surface area contributed by atoms with Crippen molar-refractivity contribution in [3.05, 3.63) is 87.7 Å². The maximum absolute atomic E-state index is 13.0. The first-order valence-corrected chi connectivity index (χ1v) is 7.70. The van der Waals surface area contributed by atoms with Crippen molar-refractivity contribution >= 4 is 0 Å². The van der Waals surface area contributed by atoms with E-state index in [4.69, 9.17) is 5.73 Å². The largest absolute Gasteiger partial charge is 0.326 e. The molecule has 0 unspecified atom stereocenters. The third kappa shape index (κ3) is 2.83. The molecule has 0 aliphatic carbocycles. The van der Waals surface area contributed by atoms with Gasteiger partial charge in [0.2, 0.25) is 0 Å². The van der Waals surface area contributed by atoms with Gasteiger partial charge in [0.05, 0.1) is 5.69 Å². The summed E-state index contributed by atoms with van der Waals surface area (Å²) in [7, 11) is 0. The molecular weight excluding hydrogens is 284 g/mol. The van der Waals surface area contributed by atoms with E-state index in [9.17, 15) is 4.79 Å². The molecule has 1 aromatic heterocycles. The zero-order chi connectivity index (χ0) is 16.4. The number of aromatic nitrogens is 1. The SMILES string of the molecule is Cc1ccc(-n2c(-c3ccccc3)cc(C)c(CN)c2=O)cc1. The minimum atomic E-state index is -0.0461. The highest BCUT2D eigenvalue weighted by atomic mass is 16.1. The van der Waals surface area contributed by atoms with Crippen LogP contribution >= 0.6 is 0 Å². The summed E-state index contributed by atoms with van der Waals surface area (Å²) in [6, 6.07) is 20.0. The highest BCUT2D eigenvalue weighted by Gasteiger charge is 2.14. The van der Waals surface area contributed by atoms with Gasteiger partial charge in [-0.2, -0.15) is 0 Å². The molecule has 0 aliphatic heterocycles. The van der Waals surface area contributed by atoms with Crippen molar-refractivity contribution in [2.24, 2.45) is 5.73 Å². The van der Waals surface area contributed by atoms with Gasteiger partial charge in [0.25, 0.3) is 5.56 Å². The fourth-order valence-electron chi connectivity index (χ4n) is 2.79. The normalized spacial score (nSPS) is 10.7. The highest BCUT2D eigenvalue weighted by Crippen LogP contribution is 2.23. The summed E-state index contributed by atoms with van der Waals surface area (Å²) in [5.41, 5.74) is 11.3. The Morgan fingerprint density at radius 2 is 1.61 bits per heavy atom. The highest BCUT2D eigenvalue weighted by molar-refractivity contribution is 5.64. The average molecular weight is 304 g/mol. The molecule has 0 fully saturated rings. The molecule has 0 spiro atoms. The summed E-state index contributed by atoms with van der Waals surface area (Å²) in [4.78, 5) is 13.0. The van der Waals surface area contributed by atoms with Gasteiger partial charge in [-0.3, -0.25) is 9.36 Å². The van der Waals surface area contributed by atoms with Gasteiger partial charge in [0.1, 0.15) is 0 Å².